The molecule has 1 aliphatic heterocycles. The van der Waals surface area contributed by atoms with Gasteiger partial charge in [0.05, 0.1) is 16.4 Å². The summed E-state index contributed by atoms with van der Waals surface area (Å²) in [5, 5.41) is 20.5. The van der Waals surface area contributed by atoms with Gasteiger partial charge in [-0.1, -0.05) is 24.8 Å². The first-order valence-corrected chi connectivity index (χ1v) is 7.21. The molecular formula is C17H15N3O5. The Morgan fingerprint density at radius 1 is 1.60 bits per heavy atom. The van der Waals surface area contributed by atoms with Gasteiger partial charge in [0.25, 0.3) is 5.69 Å². The fraction of sp³-hybridized carbons (Fsp3) is 0.176. The number of allylic oxidation sites excluding steroid dienone is 2. The van der Waals surface area contributed by atoms with Crippen LogP contribution in [0.4, 0.5) is 5.69 Å². The van der Waals surface area contributed by atoms with Gasteiger partial charge in [-0.05, 0) is 12.5 Å². The second kappa shape index (κ2) is 7.31. The Bertz CT molecular complexity index is 848. The molecule has 0 spiro atoms. The molecule has 0 aromatic heterocycles. The van der Waals surface area contributed by atoms with E-state index < -0.39 is 16.8 Å². The molecule has 0 aliphatic carbocycles. The molecule has 0 radical (unpaired) electrons. The summed E-state index contributed by atoms with van der Waals surface area (Å²) in [7, 11) is 0. The molecule has 25 heavy (non-hydrogen) atoms. The number of carbonyl (C=O) groups excluding carboxylic acids is 1. The van der Waals surface area contributed by atoms with E-state index in [4.69, 9.17) is 15.2 Å². The normalized spacial score (nSPS) is 16.7. The zero-order chi connectivity index (χ0) is 18.6. The lowest BCUT2D eigenvalue weighted by atomic mass is 9.83. The first-order valence-electron chi connectivity index (χ1n) is 7.21. The second-order valence-corrected chi connectivity index (χ2v) is 5.13. The van der Waals surface area contributed by atoms with Gasteiger partial charge in [0, 0.05) is 12.1 Å². The zero-order valence-corrected chi connectivity index (χ0v) is 13.4. The van der Waals surface area contributed by atoms with E-state index >= 15 is 0 Å². The van der Waals surface area contributed by atoms with Crippen molar-refractivity contribution in [2.75, 3.05) is 6.61 Å². The van der Waals surface area contributed by atoms with E-state index in [-0.39, 0.29) is 35.1 Å². The molecule has 0 saturated carbocycles. The van der Waals surface area contributed by atoms with Crippen LogP contribution in [0, 0.1) is 21.4 Å². The van der Waals surface area contributed by atoms with Crippen LogP contribution in [0.25, 0.3) is 0 Å². The van der Waals surface area contributed by atoms with Gasteiger partial charge in [-0.3, -0.25) is 10.1 Å². The number of esters is 1. The number of hydrogen-bond donors (Lipinski definition) is 1. The molecular weight excluding hydrogens is 326 g/mol. The predicted molar refractivity (Wildman–Crippen MR) is 87.6 cm³/mol. The van der Waals surface area contributed by atoms with Crippen LogP contribution in [0.1, 0.15) is 18.4 Å². The van der Waals surface area contributed by atoms with Gasteiger partial charge >= 0.3 is 5.97 Å². The summed E-state index contributed by atoms with van der Waals surface area (Å²) >= 11 is 0. The Labute approximate surface area is 143 Å². The minimum atomic E-state index is -0.920. The van der Waals surface area contributed by atoms with E-state index in [2.05, 4.69) is 6.58 Å². The van der Waals surface area contributed by atoms with Crippen LogP contribution in [-0.2, 0) is 14.3 Å². The van der Waals surface area contributed by atoms with Crippen molar-refractivity contribution in [3.05, 3.63) is 75.4 Å². The smallest absolute Gasteiger partial charge is 0.338 e. The standard InChI is InChI=1S/C17H15N3O5/c1-3-7-24-17(21)14-10(2)25-16(19)13(9-18)15(14)11-5-4-6-12(8-11)20(22)23/h3-6,8,15H,1,7,19H2,2H3. The number of ether oxygens (including phenoxy) is 2. The van der Waals surface area contributed by atoms with Crippen molar-refractivity contribution in [1.29, 1.82) is 5.26 Å². The van der Waals surface area contributed by atoms with E-state index in [1.807, 2.05) is 6.07 Å². The van der Waals surface area contributed by atoms with Gasteiger partial charge in [-0.25, -0.2) is 4.79 Å². The van der Waals surface area contributed by atoms with Crippen molar-refractivity contribution >= 4 is 11.7 Å². The van der Waals surface area contributed by atoms with Crippen molar-refractivity contribution < 1.29 is 19.2 Å². The van der Waals surface area contributed by atoms with Gasteiger partial charge in [-0.2, -0.15) is 5.26 Å². The Balaban J connectivity index is 2.61. The SMILES string of the molecule is C=CCOC(=O)C1=C(C)OC(N)=C(C#N)C1c1cccc([N+](=O)[O-])c1. The largest absolute Gasteiger partial charge is 0.458 e. The third-order valence-electron chi connectivity index (χ3n) is 3.57. The average molecular weight is 341 g/mol. The fourth-order valence-corrected chi connectivity index (χ4v) is 2.51. The molecule has 8 heteroatoms. The molecule has 0 amide bonds. The predicted octanol–water partition coefficient (Wildman–Crippen LogP) is 2.41. The molecule has 1 aliphatic rings. The van der Waals surface area contributed by atoms with Crippen molar-refractivity contribution in [1.82, 2.24) is 0 Å². The summed E-state index contributed by atoms with van der Waals surface area (Å²) in [5.41, 5.74) is 6.01. The number of nitriles is 1. The van der Waals surface area contributed by atoms with E-state index in [0.29, 0.717) is 5.56 Å². The second-order valence-electron chi connectivity index (χ2n) is 5.13. The molecule has 1 aromatic carbocycles. The first kappa shape index (κ1) is 17.7. The molecule has 1 atom stereocenters. The summed E-state index contributed by atoms with van der Waals surface area (Å²) in [6.07, 6.45) is 1.40. The fourth-order valence-electron chi connectivity index (χ4n) is 2.51. The topological polar surface area (TPSA) is 128 Å². The molecule has 1 aromatic rings. The van der Waals surface area contributed by atoms with Gasteiger partial charge in [0.1, 0.15) is 24.0 Å². The maximum absolute atomic E-state index is 12.4. The first-order chi connectivity index (χ1) is 11.9. The summed E-state index contributed by atoms with van der Waals surface area (Å²) in [6, 6.07) is 7.55. The van der Waals surface area contributed by atoms with E-state index in [1.54, 1.807) is 6.07 Å². The van der Waals surface area contributed by atoms with Crippen LogP contribution in [0.5, 0.6) is 0 Å². The minimum absolute atomic E-state index is 0.0170. The number of nitro benzene ring substituents is 1. The van der Waals surface area contributed by atoms with Crippen LogP contribution < -0.4 is 5.73 Å². The molecule has 2 rings (SSSR count). The lowest BCUT2D eigenvalue weighted by molar-refractivity contribution is -0.384. The van der Waals surface area contributed by atoms with Crippen LogP contribution >= 0.6 is 0 Å². The van der Waals surface area contributed by atoms with Crippen LogP contribution in [0.15, 0.2) is 59.7 Å². The molecule has 0 fully saturated rings. The molecule has 0 bridgehead atoms. The average Bonchev–Trinajstić information content (AvgIpc) is 2.59. The number of non-ortho nitro benzene ring substituents is 1. The molecule has 0 saturated heterocycles. The lowest BCUT2D eigenvalue weighted by Gasteiger charge is -2.26. The monoisotopic (exact) mass is 341 g/mol. The van der Waals surface area contributed by atoms with Gasteiger partial charge < -0.3 is 15.2 Å². The van der Waals surface area contributed by atoms with Gasteiger partial charge in [0.15, 0.2) is 0 Å². The van der Waals surface area contributed by atoms with Gasteiger partial charge in [-0.15, -0.1) is 0 Å². The number of carbonyl (C=O) groups is 1. The van der Waals surface area contributed by atoms with E-state index in [1.165, 1.54) is 31.2 Å². The minimum Gasteiger partial charge on any atom is -0.458 e. The molecule has 128 valence electrons. The highest BCUT2D eigenvalue weighted by Crippen LogP contribution is 2.40. The van der Waals surface area contributed by atoms with Gasteiger partial charge in [0.2, 0.25) is 5.88 Å². The third kappa shape index (κ3) is 3.50. The molecule has 8 nitrogen and oxygen atoms in total. The number of hydrogen-bond acceptors (Lipinski definition) is 7. The number of rotatable bonds is 5. The highest BCUT2D eigenvalue weighted by Gasteiger charge is 2.36. The Morgan fingerprint density at radius 2 is 2.32 bits per heavy atom. The third-order valence-corrected chi connectivity index (χ3v) is 3.57. The summed E-state index contributed by atoms with van der Waals surface area (Å²) in [6.45, 7) is 4.95. The van der Waals surface area contributed by atoms with Crippen LogP contribution in [-0.4, -0.2) is 17.5 Å². The Morgan fingerprint density at radius 3 is 2.92 bits per heavy atom. The van der Waals surface area contributed by atoms with E-state index in [0.717, 1.165) is 0 Å². The Hall–Kier alpha value is -3.60. The Kier molecular flexibility index (Phi) is 5.19. The van der Waals surface area contributed by atoms with Crippen LogP contribution in [0.2, 0.25) is 0 Å². The summed E-state index contributed by atoms with van der Waals surface area (Å²) in [4.78, 5) is 22.9. The van der Waals surface area contributed by atoms with Crippen LogP contribution in [0.3, 0.4) is 0 Å². The highest BCUT2D eigenvalue weighted by molar-refractivity contribution is 5.92. The highest BCUT2D eigenvalue weighted by atomic mass is 16.6. The van der Waals surface area contributed by atoms with Crippen molar-refractivity contribution in [2.24, 2.45) is 5.73 Å². The zero-order valence-electron chi connectivity index (χ0n) is 13.4. The number of nitrogens with two attached hydrogens (primary N) is 1. The molecule has 1 heterocycles. The van der Waals surface area contributed by atoms with E-state index in [9.17, 15) is 20.2 Å². The van der Waals surface area contributed by atoms with Crippen molar-refractivity contribution in [3.8, 4) is 6.07 Å². The summed E-state index contributed by atoms with van der Waals surface area (Å²) < 4.78 is 10.3. The quantitative estimate of drug-likeness (QED) is 0.377. The van der Waals surface area contributed by atoms with Crippen molar-refractivity contribution in [3.63, 3.8) is 0 Å². The van der Waals surface area contributed by atoms with Crippen molar-refractivity contribution in [2.45, 2.75) is 12.8 Å². The lowest BCUT2D eigenvalue weighted by Crippen LogP contribution is -2.25. The molecule has 2 N–H and O–H groups in total. The number of nitrogens with zero attached hydrogens (tertiary/aromatic N) is 2. The maximum Gasteiger partial charge on any atom is 0.338 e. The number of benzene rings is 1. The molecule has 1 unspecified atom stereocenters. The number of nitro groups is 1. The summed E-state index contributed by atoms with van der Waals surface area (Å²) in [5.74, 6) is -1.62. The maximum atomic E-state index is 12.4.